The van der Waals surface area contributed by atoms with Crippen LogP contribution in [0.4, 0.5) is 5.95 Å². The molecule has 1 aromatic rings. The summed E-state index contributed by atoms with van der Waals surface area (Å²) in [6, 6.07) is 0.668. The predicted molar refractivity (Wildman–Crippen MR) is 78.5 cm³/mol. The second-order valence-electron chi connectivity index (χ2n) is 6.42. The summed E-state index contributed by atoms with van der Waals surface area (Å²) >= 11 is 0. The fraction of sp³-hybridized carbons (Fsp3) is 0.800. The zero-order chi connectivity index (χ0) is 13.3. The monoisotopic (exact) mass is 262 g/mol. The van der Waals surface area contributed by atoms with E-state index in [1.165, 1.54) is 44.9 Å². The molecule has 1 N–H and O–H groups in total. The van der Waals surface area contributed by atoms with Crippen LogP contribution in [0.15, 0.2) is 12.4 Å². The third-order valence-electron chi connectivity index (χ3n) is 5.20. The highest BCUT2D eigenvalue weighted by atomic mass is 15.2. The van der Waals surface area contributed by atoms with Crippen LogP contribution in [0.2, 0.25) is 0 Å². The minimum absolute atomic E-state index is 0.354. The van der Waals surface area contributed by atoms with E-state index in [4.69, 9.17) is 0 Å². The summed E-state index contributed by atoms with van der Waals surface area (Å²) < 4.78 is 2.36. The molecule has 2 saturated carbocycles. The summed E-state index contributed by atoms with van der Waals surface area (Å²) in [7, 11) is 4.40. The zero-order valence-electron chi connectivity index (χ0n) is 12.2. The topological polar surface area (TPSA) is 33.1 Å². The van der Waals surface area contributed by atoms with Gasteiger partial charge in [-0.3, -0.25) is 0 Å². The van der Waals surface area contributed by atoms with Crippen LogP contribution in [0.3, 0.4) is 0 Å². The van der Waals surface area contributed by atoms with Crippen molar-refractivity contribution >= 4 is 5.95 Å². The molecule has 2 aliphatic carbocycles. The van der Waals surface area contributed by atoms with Crippen LogP contribution in [0, 0.1) is 0 Å². The van der Waals surface area contributed by atoms with E-state index in [9.17, 15) is 0 Å². The highest BCUT2D eigenvalue weighted by molar-refractivity contribution is 5.28. The Hall–Kier alpha value is -1.03. The molecule has 19 heavy (non-hydrogen) atoms. The van der Waals surface area contributed by atoms with Crippen molar-refractivity contribution < 1.29 is 0 Å². The van der Waals surface area contributed by atoms with Gasteiger partial charge in [-0.25, -0.2) is 4.98 Å². The molecule has 2 fully saturated rings. The summed E-state index contributed by atoms with van der Waals surface area (Å²) in [6.45, 7) is 1.02. The van der Waals surface area contributed by atoms with Gasteiger partial charge in [0.1, 0.15) is 0 Å². The van der Waals surface area contributed by atoms with Gasteiger partial charge in [0.15, 0.2) is 0 Å². The summed E-state index contributed by atoms with van der Waals surface area (Å²) in [5.74, 6) is 1.07. The molecule has 0 radical (unpaired) electrons. The van der Waals surface area contributed by atoms with E-state index >= 15 is 0 Å². The van der Waals surface area contributed by atoms with Crippen LogP contribution in [-0.4, -0.2) is 40.6 Å². The van der Waals surface area contributed by atoms with Crippen LogP contribution in [0.1, 0.15) is 51.0 Å². The van der Waals surface area contributed by atoms with Crippen LogP contribution in [0.5, 0.6) is 0 Å². The first kappa shape index (κ1) is 13.0. The van der Waals surface area contributed by atoms with Gasteiger partial charge in [-0.2, -0.15) is 0 Å². The first-order valence-electron chi connectivity index (χ1n) is 7.65. The van der Waals surface area contributed by atoms with Gasteiger partial charge in [0, 0.05) is 30.5 Å². The molecule has 0 aliphatic heterocycles. The second kappa shape index (κ2) is 5.16. The first-order chi connectivity index (χ1) is 9.21. The lowest BCUT2D eigenvalue weighted by atomic mass is 9.75. The maximum atomic E-state index is 4.51. The highest BCUT2D eigenvalue weighted by Crippen LogP contribution is 2.37. The lowest BCUT2D eigenvalue weighted by Gasteiger charge is -2.47. The molecule has 2 aliphatic rings. The summed E-state index contributed by atoms with van der Waals surface area (Å²) in [4.78, 5) is 6.90. The molecular weight excluding hydrogens is 236 g/mol. The lowest BCUT2D eigenvalue weighted by molar-refractivity contribution is 0.0736. The Kier molecular flexibility index (Phi) is 3.52. The van der Waals surface area contributed by atoms with Crippen molar-refractivity contribution in [3.63, 3.8) is 0 Å². The molecule has 4 heteroatoms. The van der Waals surface area contributed by atoms with Gasteiger partial charge in [0.2, 0.25) is 5.95 Å². The number of imidazole rings is 1. The van der Waals surface area contributed by atoms with Gasteiger partial charge >= 0.3 is 0 Å². The third kappa shape index (κ3) is 2.38. The fourth-order valence-electron chi connectivity index (χ4n) is 3.54. The quantitative estimate of drug-likeness (QED) is 0.885. The molecule has 0 saturated heterocycles. The smallest absolute Gasteiger partial charge is 0.203 e. The fourth-order valence-corrected chi connectivity index (χ4v) is 3.54. The molecule has 0 spiro atoms. The number of likely N-dealkylation sites (N-methyl/N-ethyl adjacent to an activating group) is 1. The van der Waals surface area contributed by atoms with Crippen molar-refractivity contribution in [2.75, 3.05) is 26.0 Å². The van der Waals surface area contributed by atoms with Gasteiger partial charge in [-0.15, -0.1) is 0 Å². The van der Waals surface area contributed by atoms with Crippen molar-refractivity contribution in [3.05, 3.63) is 12.4 Å². The molecule has 1 heterocycles. The Labute approximate surface area is 116 Å². The Morgan fingerprint density at radius 2 is 2.05 bits per heavy atom. The SMILES string of the molecule is CN(C)C1(CNc2nccn2C2CCCC2)CCC1. The molecule has 0 atom stereocenters. The van der Waals surface area contributed by atoms with Crippen molar-refractivity contribution in [2.45, 2.75) is 56.5 Å². The Balaban J connectivity index is 1.65. The number of hydrogen-bond acceptors (Lipinski definition) is 3. The average Bonchev–Trinajstić information content (AvgIpc) is 2.96. The minimum Gasteiger partial charge on any atom is -0.354 e. The lowest BCUT2D eigenvalue weighted by Crippen LogP contribution is -2.54. The third-order valence-corrected chi connectivity index (χ3v) is 5.20. The molecule has 106 valence electrons. The van der Waals surface area contributed by atoms with Gasteiger partial charge in [-0.1, -0.05) is 12.8 Å². The van der Waals surface area contributed by atoms with Gasteiger partial charge in [-0.05, 0) is 46.2 Å². The maximum absolute atomic E-state index is 4.51. The Morgan fingerprint density at radius 1 is 1.32 bits per heavy atom. The van der Waals surface area contributed by atoms with Gasteiger partial charge < -0.3 is 14.8 Å². The van der Waals surface area contributed by atoms with Crippen LogP contribution >= 0.6 is 0 Å². The molecule has 1 aromatic heterocycles. The minimum atomic E-state index is 0.354. The number of aromatic nitrogens is 2. The maximum Gasteiger partial charge on any atom is 0.203 e. The highest BCUT2D eigenvalue weighted by Gasteiger charge is 2.39. The van der Waals surface area contributed by atoms with Crippen molar-refractivity contribution in [1.82, 2.24) is 14.5 Å². The van der Waals surface area contributed by atoms with Crippen LogP contribution in [-0.2, 0) is 0 Å². The Bertz CT molecular complexity index is 414. The summed E-state index contributed by atoms with van der Waals surface area (Å²) in [5, 5.41) is 3.60. The van der Waals surface area contributed by atoms with E-state index in [0.29, 0.717) is 11.6 Å². The molecular formula is C15H26N4. The molecule has 0 aromatic carbocycles. The van der Waals surface area contributed by atoms with E-state index in [0.717, 1.165) is 12.5 Å². The summed E-state index contributed by atoms with van der Waals surface area (Å²) in [5.41, 5.74) is 0.354. The summed E-state index contributed by atoms with van der Waals surface area (Å²) in [6.07, 6.45) is 13.4. The number of nitrogens with zero attached hydrogens (tertiary/aromatic N) is 3. The number of nitrogens with one attached hydrogen (secondary N) is 1. The van der Waals surface area contributed by atoms with Crippen LogP contribution < -0.4 is 5.32 Å². The van der Waals surface area contributed by atoms with Crippen LogP contribution in [0.25, 0.3) is 0 Å². The molecule has 0 amide bonds. The number of hydrogen-bond donors (Lipinski definition) is 1. The normalized spacial score (nSPS) is 22.7. The van der Waals surface area contributed by atoms with Crippen molar-refractivity contribution in [1.29, 1.82) is 0 Å². The van der Waals surface area contributed by atoms with Gasteiger partial charge in [0.05, 0.1) is 0 Å². The standard InChI is InChI=1S/C15H26N4/c1-18(2)15(8-5-9-15)12-17-14-16-10-11-19(14)13-6-3-4-7-13/h10-11,13H,3-9,12H2,1-2H3,(H,16,17). The number of anilines is 1. The molecule has 4 nitrogen and oxygen atoms in total. The van der Waals surface area contributed by atoms with E-state index in [-0.39, 0.29) is 0 Å². The van der Waals surface area contributed by atoms with E-state index in [2.05, 4.69) is 40.1 Å². The zero-order valence-corrected chi connectivity index (χ0v) is 12.2. The van der Waals surface area contributed by atoms with Crippen molar-refractivity contribution in [3.8, 4) is 0 Å². The molecule has 0 bridgehead atoms. The molecule has 0 unspecified atom stereocenters. The average molecular weight is 262 g/mol. The van der Waals surface area contributed by atoms with Gasteiger partial charge in [0.25, 0.3) is 0 Å². The van der Waals surface area contributed by atoms with E-state index in [1.54, 1.807) is 0 Å². The predicted octanol–water partition coefficient (Wildman–Crippen LogP) is 2.89. The second-order valence-corrected chi connectivity index (χ2v) is 6.42. The largest absolute Gasteiger partial charge is 0.354 e. The number of rotatable bonds is 5. The van der Waals surface area contributed by atoms with Crippen molar-refractivity contribution in [2.24, 2.45) is 0 Å². The van der Waals surface area contributed by atoms with E-state index < -0.39 is 0 Å². The first-order valence-corrected chi connectivity index (χ1v) is 7.65. The van der Waals surface area contributed by atoms with E-state index in [1.807, 2.05) is 6.20 Å². The Morgan fingerprint density at radius 3 is 2.63 bits per heavy atom. The molecule has 3 rings (SSSR count).